The minimum atomic E-state index is -1.26. The molecule has 6 atom stereocenters. The predicted octanol–water partition coefficient (Wildman–Crippen LogP) is 4.44. The Bertz CT molecular complexity index is 1390. The van der Waals surface area contributed by atoms with Crippen LogP contribution in [0.1, 0.15) is 48.9 Å². The Kier molecular flexibility index (Phi) is 8.14. The van der Waals surface area contributed by atoms with Crippen molar-refractivity contribution < 1.29 is 29.0 Å². The molecule has 8 heteroatoms. The van der Waals surface area contributed by atoms with E-state index in [1.165, 1.54) is 11.0 Å². The number of carbonyl (C=O) groups is 3. The Hall–Kier alpha value is -3.75. The maximum Gasteiger partial charge on any atom is 0.313 e. The number of hydrogen-bond acceptors (Lipinski definition) is 6. The summed E-state index contributed by atoms with van der Waals surface area (Å²) in [5.41, 5.74) is 1.10. The average Bonchev–Trinajstić information content (AvgIpc) is 3.60. The summed E-state index contributed by atoms with van der Waals surface area (Å²) in [5, 5.41) is 10.7. The molecule has 5 rings (SSSR count). The number of likely N-dealkylation sites (tertiary alicyclic amines) is 1. The smallest absolute Gasteiger partial charge is 0.313 e. The molecular weight excluding hydrogens is 532 g/mol. The number of aryl methyl sites for hydroxylation is 2. The Labute approximate surface area is 247 Å². The number of amides is 2. The van der Waals surface area contributed by atoms with Crippen molar-refractivity contribution >= 4 is 23.5 Å². The molecule has 8 nitrogen and oxygen atoms in total. The lowest BCUT2D eigenvalue weighted by atomic mass is 9.65. The monoisotopic (exact) mass is 572 g/mol. The molecule has 0 saturated carbocycles. The average molecular weight is 573 g/mol. The maximum absolute atomic E-state index is 15.0. The summed E-state index contributed by atoms with van der Waals surface area (Å²) >= 11 is 0. The number of benzene rings is 2. The van der Waals surface area contributed by atoms with E-state index < -0.39 is 47.7 Å². The van der Waals surface area contributed by atoms with Crippen LogP contribution in [0.2, 0.25) is 0 Å². The Morgan fingerprint density at radius 3 is 2.55 bits per heavy atom. The number of carbonyl (C=O) groups excluding carboxylic acids is 3. The van der Waals surface area contributed by atoms with Gasteiger partial charge in [-0.25, -0.2) is 0 Å². The predicted molar refractivity (Wildman–Crippen MR) is 160 cm³/mol. The zero-order valence-corrected chi connectivity index (χ0v) is 24.6. The van der Waals surface area contributed by atoms with Crippen LogP contribution in [0, 0.1) is 25.7 Å². The highest BCUT2D eigenvalue weighted by Crippen LogP contribution is 2.65. The quantitative estimate of drug-likeness (QED) is 0.316. The van der Waals surface area contributed by atoms with E-state index in [0.717, 1.165) is 11.1 Å². The molecule has 2 unspecified atom stereocenters. The number of ether oxygens (including phenoxy) is 2. The van der Waals surface area contributed by atoms with Crippen LogP contribution in [0.15, 0.2) is 73.8 Å². The van der Waals surface area contributed by atoms with Crippen LogP contribution in [-0.2, 0) is 23.9 Å². The van der Waals surface area contributed by atoms with Gasteiger partial charge in [0, 0.05) is 12.2 Å². The van der Waals surface area contributed by atoms with Crippen molar-refractivity contribution in [3.63, 3.8) is 0 Å². The molecular formula is C34H40N2O6. The minimum Gasteiger partial charge on any atom is -0.461 e. The summed E-state index contributed by atoms with van der Waals surface area (Å²) in [6, 6.07) is 13.2. The molecule has 1 spiro atoms. The molecule has 0 radical (unpaired) electrons. The summed E-state index contributed by atoms with van der Waals surface area (Å²) in [7, 11) is 0. The maximum atomic E-state index is 15.0. The first-order valence-electron chi connectivity index (χ1n) is 14.6. The summed E-state index contributed by atoms with van der Waals surface area (Å²) in [4.78, 5) is 46.4. The van der Waals surface area contributed by atoms with Gasteiger partial charge in [0.25, 0.3) is 5.91 Å². The number of aliphatic hydroxyl groups excluding tert-OH is 1. The summed E-state index contributed by atoms with van der Waals surface area (Å²) in [6.45, 7) is 13.2. The van der Waals surface area contributed by atoms with Crippen molar-refractivity contribution in [2.24, 2.45) is 11.8 Å². The highest BCUT2D eigenvalue weighted by molar-refractivity contribution is 6.05. The lowest BCUT2D eigenvalue weighted by Gasteiger charge is -2.40. The Balaban J connectivity index is 1.69. The largest absolute Gasteiger partial charge is 0.461 e. The van der Waals surface area contributed by atoms with Gasteiger partial charge < -0.3 is 24.4 Å². The fourth-order valence-electron chi connectivity index (χ4n) is 7.48. The van der Waals surface area contributed by atoms with Crippen LogP contribution in [0.25, 0.3) is 0 Å². The van der Waals surface area contributed by atoms with Gasteiger partial charge in [0.05, 0.1) is 24.2 Å². The molecule has 3 fully saturated rings. The number of anilines is 1. The zero-order chi connectivity index (χ0) is 30.2. The molecule has 3 heterocycles. The van der Waals surface area contributed by atoms with Crippen molar-refractivity contribution in [1.29, 1.82) is 0 Å². The molecule has 0 aliphatic carbocycles. The number of hydrogen-bond donors (Lipinski definition) is 1. The molecule has 2 bridgehead atoms. The topological polar surface area (TPSA) is 96.4 Å². The minimum absolute atomic E-state index is 0.0120. The molecule has 2 amide bonds. The van der Waals surface area contributed by atoms with Gasteiger partial charge in [0.2, 0.25) is 5.91 Å². The summed E-state index contributed by atoms with van der Waals surface area (Å²) in [5.74, 6) is -3.05. The van der Waals surface area contributed by atoms with Gasteiger partial charge in [-0.1, -0.05) is 68.1 Å². The van der Waals surface area contributed by atoms with E-state index in [9.17, 15) is 19.5 Å². The molecule has 2 aromatic rings. The van der Waals surface area contributed by atoms with Gasteiger partial charge >= 0.3 is 5.97 Å². The van der Waals surface area contributed by atoms with E-state index in [4.69, 9.17) is 9.47 Å². The molecule has 2 aromatic carbocycles. The first kappa shape index (κ1) is 29.7. The number of fused-ring (bicyclic) bond motifs is 1. The highest BCUT2D eigenvalue weighted by atomic mass is 16.6. The van der Waals surface area contributed by atoms with E-state index >= 15 is 0 Å². The van der Waals surface area contributed by atoms with Crippen LogP contribution in [-0.4, -0.2) is 64.8 Å². The fraction of sp³-hybridized carbons (Fsp3) is 0.441. The van der Waals surface area contributed by atoms with Crippen LogP contribution >= 0.6 is 0 Å². The second kappa shape index (κ2) is 11.5. The van der Waals surface area contributed by atoms with Crippen LogP contribution < -0.4 is 4.90 Å². The Morgan fingerprint density at radius 1 is 1.17 bits per heavy atom. The molecule has 3 saturated heterocycles. The molecule has 222 valence electrons. The molecule has 0 aromatic heterocycles. The van der Waals surface area contributed by atoms with Crippen LogP contribution in [0.5, 0.6) is 0 Å². The van der Waals surface area contributed by atoms with Gasteiger partial charge in [-0.2, -0.15) is 0 Å². The van der Waals surface area contributed by atoms with E-state index in [-0.39, 0.29) is 25.0 Å². The van der Waals surface area contributed by atoms with Gasteiger partial charge in [0.1, 0.15) is 24.2 Å². The zero-order valence-electron chi connectivity index (χ0n) is 24.6. The molecule has 3 aliphatic rings. The number of aliphatic hydroxyl groups is 1. The van der Waals surface area contributed by atoms with Crippen LogP contribution in [0.3, 0.4) is 0 Å². The molecule has 1 N–H and O–H groups in total. The first-order valence-corrected chi connectivity index (χ1v) is 14.6. The number of esters is 1. The van der Waals surface area contributed by atoms with Crippen LogP contribution in [0.4, 0.5) is 5.69 Å². The van der Waals surface area contributed by atoms with E-state index in [1.54, 1.807) is 11.0 Å². The van der Waals surface area contributed by atoms with E-state index in [0.29, 0.717) is 30.5 Å². The lowest BCUT2D eigenvalue weighted by Crippen LogP contribution is -2.57. The standard InChI is InChI=1S/C34H40N2O6/c1-6-18-35(25-20-22(4)14-15-23(25)5)31(39)29-34-17-16-33(8-3,42-34)28(32(40)41-19-7-2)27(34)30(38)36(29)26(21-37)24-12-10-9-11-13-24/h6-7,9-15,20,26-29,37H,1-2,8,16-19,21H2,3-5H3/t26-,27+,28-,29?,33+,34?/m1/s1. The van der Waals surface area contributed by atoms with Gasteiger partial charge in [0.15, 0.2) is 0 Å². The third-order valence-corrected chi connectivity index (χ3v) is 9.38. The first-order chi connectivity index (χ1) is 20.2. The van der Waals surface area contributed by atoms with Crippen molar-refractivity contribution in [3.8, 4) is 0 Å². The van der Waals surface area contributed by atoms with Gasteiger partial charge in [-0.15, -0.1) is 6.58 Å². The van der Waals surface area contributed by atoms with Crippen molar-refractivity contribution in [2.75, 3.05) is 24.7 Å². The van der Waals surface area contributed by atoms with Crippen molar-refractivity contribution in [1.82, 2.24) is 4.90 Å². The SMILES string of the molecule is C=CCOC(=O)[C@H]1[C@H]2C(=O)N([C@H](CO)c3ccccc3)C(C(=O)N(CC=C)c3cc(C)ccc3C)C23CC[C@]1(CC)O3. The van der Waals surface area contributed by atoms with E-state index in [1.807, 2.05) is 69.3 Å². The van der Waals surface area contributed by atoms with Gasteiger partial charge in [-0.3, -0.25) is 14.4 Å². The number of nitrogens with zero attached hydrogens (tertiary/aromatic N) is 2. The third kappa shape index (κ3) is 4.48. The van der Waals surface area contributed by atoms with Crippen molar-refractivity contribution in [2.45, 2.75) is 63.3 Å². The second-order valence-corrected chi connectivity index (χ2v) is 11.6. The third-order valence-electron chi connectivity index (χ3n) is 9.38. The van der Waals surface area contributed by atoms with E-state index in [2.05, 4.69) is 13.2 Å². The van der Waals surface area contributed by atoms with Crippen molar-refractivity contribution in [3.05, 3.63) is 90.5 Å². The summed E-state index contributed by atoms with van der Waals surface area (Å²) in [6.07, 6.45) is 4.58. The Morgan fingerprint density at radius 2 is 1.90 bits per heavy atom. The lowest BCUT2D eigenvalue weighted by molar-refractivity contribution is -0.161. The highest BCUT2D eigenvalue weighted by Gasteiger charge is 2.79. The molecule has 3 aliphatic heterocycles. The second-order valence-electron chi connectivity index (χ2n) is 11.6. The summed E-state index contributed by atoms with van der Waals surface area (Å²) < 4.78 is 12.4. The number of rotatable bonds is 11. The van der Waals surface area contributed by atoms with Gasteiger partial charge in [-0.05, 0) is 55.9 Å². The molecule has 42 heavy (non-hydrogen) atoms. The fourth-order valence-corrected chi connectivity index (χ4v) is 7.48. The normalized spacial score (nSPS) is 28.3.